The molecule has 0 bridgehead atoms. The maximum absolute atomic E-state index is 12.5. The fraction of sp³-hybridized carbons (Fsp3) is 0.353. The first-order valence-electron chi connectivity index (χ1n) is 7.24. The molecule has 2 aromatic rings. The number of rotatable bonds is 6. The minimum atomic E-state index is -0.258. The van der Waals surface area contributed by atoms with Crippen LogP contribution in [0.3, 0.4) is 0 Å². The van der Waals surface area contributed by atoms with Gasteiger partial charge >= 0.3 is 0 Å². The van der Waals surface area contributed by atoms with Crippen LogP contribution in [-0.4, -0.2) is 17.2 Å². The van der Waals surface area contributed by atoms with Crippen molar-refractivity contribution in [2.45, 2.75) is 39.5 Å². The van der Waals surface area contributed by atoms with Gasteiger partial charge in [-0.15, -0.1) is 0 Å². The Morgan fingerprint density at radius 1 is 1.32 bits per heavy atom. The average Bonchev–Trinajstić information content (AvgIpc) is 2.47. The Morgan fingerprint density at radius 2 is 2.05 bits per heavy atom. The van der Waals surface area contributed by atoms with Crippen molar-refractivity contribution >= 4 is 23.0 Å². The molecular formula is C17H18O5. The van der Waals surface area contributed by atoms with Gasteiger partial charge in [-0.05, 0) is 31.9 Å². The highest BCUT2D eigenvalue weighted by Gasteiger charge is 2.17. The summed E-state index contributed by atoms with van der Waals surface area (Å²) in [5.74, 6) is 0.257. The van der Waals surface area contributed by atoms with E-state index in [1.807, 2.05) is 6.92 Å². The zero-order valence-corrected chi connectivity index (χ0v) is 12.6. The fourth-order valence-electron chi connectivity index (χ4n) is 2.49. The van der Waals surface area contributed by atoms with Crippen molar-refractivity contribution in [3.8, 4) is 5.75 Å². The van der Waals surface area contributed by atoms with E-state index in [0.717, 1.165) is 6.42 Å². The van der Waals surface area contributed by atoms with Crippen LogP contribution in [0, 0.1) is 6.92 Å². The lowest BCUT2D eigenvalue weighted by Gasteiger charge is -2.08. The van der Waals surface area contributed by atoms with Crippen molar-refractivity contribution in [3.05, 3.63) is 39.2 Å². The number of phenolic OH excluding ortho intramolecular Hbond substituents is 1. The molecule has 0 amide bonds. The Morgan fingerprint density at radius 3 is 2.68 bits per heavy atom. The Balaban J connectivity index is 2.50. The van der Waals surface area contributed by atoms with Crippen molar-refractivity contribution in [3.63, 3.8) is 0 Å². The Hall–Kier alpha value is -2.43. The van der Waals surface area contributed by atoms with Crippen LogP contribution in [-0.2, 0) is 11.2 Å². The molecule has 5 heteroatoms. The lowest BCUT2D eigenvalue weighted by atomic mass is 10.0. The molecule has 5 nitrogen and oxygen atoms in total. The van der Waals surface area contributed by atoms with E-state index in [-0.39, 0.29) is 33.5 Å². The molecule has 2 rings (SSSR count). The standard InChI is InChI=1S/C17H18O5/c1-3-4-11(19)5-6-12-10(2)22-17-13(16(12)21)7-8-15(20)14(17)9-18/h7-9,20H,3-6H2,1-2H3. The molecule has 1 aromatic carbocycles. The van der Waals surface area contributed by atoms with Crippen LogP contribution in [0.25, 0.3) is 11.0 Å². The lowest BCUT2D eigenvalue weighted by molar-refractivity contribution is -0.119. The number of Topliss-reactive ketones (excluding diaryl/α,β-unsaturated/α-hetero) is 1. The van der Waals surface area contributed by atoms with Crippen molar-refractivity contribution in [1.82, 2.24) is 0 Å². The van der Waals surface area contributed by atoms with Crippen LogP contribution in [0.1, 0.15) is 47.9 Å². The third-order valence-corrected chi connectivity index (χ3v) is 3.67. The lowest BCUT2D eigenvalue weighted by Crippen LogP contribution is -2.14. The molecule has 116 valence electrons. The van der Waals surface area contributed by atoms with E-state index in [9.17, 15) is 19.5 Å². The number of fused-ring (bicyclic) bond motifs is 1. The number of carbonyl (C=O) groups is 2. The first kappa shape index (κ1) is 15.9. The van der Waals surface area contributed by atoms with Crippen molar-refractivity contribution in [1.29, 1.82) is 0 Å². The SMILES string of the molecule is CCCC(=O)CCc1c(C)oc2c(C=O)c(O)ccc2c1=O. The molecule has 0 radical (unpaired) electrons. The number of aldehydes is 1. The average molecular weight is 302 g/mol. The number of hydrogen-bond acceptors (Lipinski definition) is 5. The largest absolute Gasteiger partial charge is 0.507 e. The predicted octanol–water partition coefficient (Wildman–Crippen LogP) is 2.92. The maximum atomic E-state index is 12.5. The number of hydrogen-bond donors (Lipinski definition) is 1. The summed E-state index contributed by atoms with van der Waals surface area (Å²) in [6.07, 6.45) is 2.36. The molecule has 22 heavy (non-hydrogen) atoms. The van der Waals surface area contributed by atoms with Gasteiger partial charge in [-0.3, -0.25) is 14.4 Å². The summed E-state index contributed by atoms with van der Waals surface area (Å²) >= 11 is 0. The second-order valence-electron chi connectivity index (χ2n) is 5.25. The monoisotopic (exact) mass is 302 g/mol. The van der Waals surface area contributed by atoms with Crippen molar-refractivity contribution in [2.75, 3.05) is 0 Å². The highest BCUT2D eigenvalue weighted by Crippen LogP contribution is 2.26. The summed E-state index contributed by atoms with van der Waals surface area (Å²) in [5.41, 5.74) is 0.234. The summed E-state index contributed by atoms with van der Waals surface area (Å²) in [6.45, 7) is 3.56. The Bertz CT molecular complexity index is 786. The van der Waals surface area contributed by atoms with Gasteiger partial charge < -0.3 is 9.52 Å². The summed E-state index contributed by atoms with van der Waals surface area (Å²) < 4.78 is 5.57. The van der Waals surface area contributed by atoms with Gasteiger partial charge in [0, 0.05) is 18.4 Å². The summed E-state index contributed by atoms with van der Waals surface area (Å²) in [7, 11) is 0. The number of phenols is 1. The minimum Gasteiger partial charge on any atom is -0.507 e. The predicted molar refractivity (Wildman–Crippen MR) is 82.5 cm³/mol. The number of benzene rings is 1. The first-order chi connectivity index (χ1) is 10.5. The van der Waals surface area contributed by atoms with E-state index in [4.69, 9.17) is 4.42 Å². The topological polar surface area (TPSA) is 84.6 Å². The molecule has 0 saturated carbocycles. The maximum Gasteiger partial charge on any atom is 0.196 e. The first-order valence-corrected chi connectivity index (χ1v) is 7.24. The number of aromatic hydroxyl groups is 1. The van der Waals surface area contributed by atoms with Crippen LogP contribution in [0.2, 0.25) is 0 Å². The van der Waals surface area contributed by atoms with Gasteiger partial charge in [0.25, 0.3) is 0 Å². The van der Waals surface area contributed by atoms with Crippen molar-refractivity contribution < 1.29 is 19.1 Å². The van der Waals surface area contributed by atoms with E-state index in [2.05, 4.69) is 0 Å². The molecule has 0 fully saturated rings. The van der Waals surface area contributed by atoms with Crippen molar-refractivity contribution in [2.24, 2.45) is 0 Å². The zero-order chi connectivity index (χ0) is 16.3. The van der Waals surface area contributed by atoms with Crippen LogP contribution >= 0.6 is 0 Å². The van der Waals surface area contributed by atoms with Gasteiger partial charge in [0.05, 0.1) is 10.9 Å². The van der Waals surface area contributed by atoms with E-state index in [0.29, 0.717) is 36.9 Å². The van der Waals surface area contributed by atoms with Crippen LogP contribution in [0.4, 0.5) is 0 Å². The zero-order valence-electron chi connectivity index (χ0n) is 12.6. The highest BCUT2D eigenvalue weighted by molar-refractivity contribution is 5.97. The molecule has 1 aromatic heterocycles. The van der Waals surface area contributed by atoms with E-state index < -0.39 is 0 Å². The van der Waals surface area contributed by atoms with Crippen LogP contribution < -0.4 is 5.43 Å². The van der Waals surface area contributed by atoms with Gasteiger partial charge in [0.15, 0.2) is 17.3 Å². The molecule has 0 aliphatic heterocycles. The van der Waals surface area contributed by atoms with Gasteiger partial charge in [0.2, 0.25) is 0 Å². The normalized spacial score (nSPS) is 10.8. The van der Waals surface area contributed by atoms with E-state index >= 15 is 0 Å². The highest BCUT2D eigenvalue weighted by atomic mass is 16.3. The van der Waals surface area contributed by atoms with E-state index in [1.54, 1.807) is 6.92 Å². The molecule has 0 saturated heterocycles. The third-order valence-electron chi connectivity index (χ3n) is 3.67. The Kier molecular flexibility index (Phi) is 4.75. The van der Waals surface area contributed by atoms with Crippen LogP contribution in [0.15, 0.2) is 21.3 Å². The minimum absolute atomic E-state index is 0.0358. The van der Waals surface area contributed by atoms with Gasteiger partial charge in [0.1, 0.15) is 17.3 Å². The molecule has 0 unspecified atom stereocenters. The molecule has 0 aliphatic rings. The fourth-order valence-corrected chi connectivity index (χ4v) is 2.49. The summed E-state index contributed by atoms with van der Waals surface area (Å²) in [5, 5.41) is 9.90. The number of aryl methyl sites for hydroxylation is 1. The molecular weight excluding hydrogens is 284 g/mol. The van der Waals surface area contributed by atoms with Gasteiger partial charge in [-0.2, -0.15) is 0 Å². The second-order valence-corrected chi connectivity index (χ2v) is 5.25. The molecule has 0 aliphatic carbocycles. The number of ketones is 1. The summed E-state index contributed by atoms with van der Waals surface area (Å²) in [6, 6.07) is 2.73. The quantitative estimate of drug-likeness (QED) is 0.829. The molecule has 0 atom stereocenters. The second kappa shape index (κ2) is 6.56. The smallest absolute Gasteiger partial charge is 0.196 e. The van der Waals surface area contributed by atoms with Gasteiger partial charge in [-0.1, -0.05) is 6.92 Å². The van der Waals surface area contributed by atoms with Crippen LogP contribution in [0.5, 0.6) is 5.75 Å². The Labute approximate surface area is 127 Å². The molecule has 0 spiro atoms. The van der Waals surface area contributed by atoms with Gasteiger partial charge in [-0.25, -0.2) is 0 Å². The summed E-state index contributed by atoms with van der Waals surface area (Å²) in [4.78, 5) is 35.2. The molecule has 1 N–H and O–H groups in total. The third kappa shape index (κ3) is 2.93. The van der Waals surface area contributed by atoms with E-state index in [1.165, 1.54) is 12.1 Å². The number of carbonyl (C=O) groups excluding carboxylic acids is 2. The molecule has 1 heterocycles.